The standard InChI is InChI=1S/C15H14BrN5O2/c1-20-14-12(8-18-20)15(23)21(9-17-14)7-6-13(22)19-11-4-2-10(16)3-5-11/h2-5,8-9H,6-7H2,1H3,(H,19,22). The molecule has 0 radical (unpaired) electrons. The Morgan fingerprint density at radius 3 is 2.78 bits per heavy atom. The lowest BCUT2D eigenvalue weighted by molar-refractivity contribution is -0.116. The van der Waals surface area contributed by atoms with Crippen molar-refractivity contribution in [3.8, 4) is 0 Å². The van der Waals surface area contributed by atoms with Crippen LogP contribution in [0.2, 0.25) is 0 Å². The molecule has 23 heavy (non-hydrogen) atoms. The van der Waals surface area contributed by atoms with Gasteiger partial charge in [0.05, 0.1) is 12.5 Å². The second-order valence-electron chi connectivity index (χ2n) is 5.05. The highest BCUT2D eigenvalue weighted by molar-refractivity contribution is 9.10. The smallest absolute Gasteiger partial charge is 0.264 e. The first kappa shape index (κ1) is 15.4. The van der Waals surface area contributed by atoms with Crippen molar-refractivity contribution in [2.75, 3.05) is 5.32 Å². The first-order valence-electron chi connectivity index (χ1n) is 6.97. The summed E-state index contributed by atoms with van der Waals surface area (Å²) in [5, 5.41) is 7.25. The molecule has 0 atom stereocenters. The number of rotatable bonds is 4. The third kappa shape index (κ3) is 3.31. The zero-order valence-electron chi connectivity index (χ0n) is 12.4. The Balaban J connectivity index is 1.68. The van der Waals surface area contributed by atoms with Crippen LogP contribution in [0.25, 0.3) is 11.0 Å². The van der Waals surface area contributed by atoms with Gasteiger partial charge >= 0.3 is 0 Å². The van der Waals surface area contributed by atoms with Gasteiger partial charge in [-0.3, -0.25) is 18.8 Å². The number of aryl methyl sites for hydroxylation is 2. The van der Waals surface area contributed by atoms with Gasteiger partial charge in [-0.05, 0) is 24.3 Å². The Hall–Kier alpha value is -2.48. The van der Waals surface area contributed by atoms with Crippen LogP contribution in [0.3, 0.4) is 0 Å². The summed E-state index contributed by atoms with van der Waals surface area (Å²) in [6.07, 6.45) is 3.12. The number of nitrogens with one attached hydrogen (secondary N) is 1. The summed E-state index contributed by atoms with van der Waals surface area (Å²) in [6, 6.07) is 7.30. The largest absolute Gasteiger partial charge is 0.326 e. The first-order chi connectivity index (χ1) is 11.0. The van der Waals surface area contributed by atoms with Gasteiger partial charge in [-0.2, -0.15) is 5.10 Å². The molecule has 0 unspecified atom stereocenters. The number of aromatic nitrogens is 4. The van der Waals surface area contributed by atoms with Crippen molar-refractivity contribution in [2.24, 2.45) is 7.05 Å². The Bertz CT molecular complexity index is 914. The molecule has 0 saturated heterocycles. The highest BCUT2D eigenvalue weighted by atomic mass is 79.9. The van der Waals surface area contributed by atoms with E-state index in [-0.39, 0.29) is 24.4 Å². The fraction of sp³-hybridized carbons (Fsp3) is 0.200. The molecular weight excluding hydrogens is 362 g/mol. The van der Waals surface area contributed by atoms with Crippen molar-refractivity contribution in [1.82, 2.24) is 19.3 Å². The number of anilines is 1. The summed E-state index contributed by atoms with van der Waals surface area (Å²) in [4.78, 5) is 28.5. The van der Waals surface area contributed by atoms with Crippen molar-refractivity contribution >= 4 is 38.6 Å². The fourth-order valence-electron chi connectivity index (χ4n) is 2.20. The van der Waals surface area contributed by atoms with E-state index < -0.39 is 0 Å². The first-order valence-corrected chi connectivity index (χ1v) is 7.76. The molecule has 0 fully saturated rings. The predicted octanol–water partition coefficient (Wildman–Crippen LogP) is 1.92. The average molecular weight is 376 g/mol. The molecule has 1 N–H and O–H groups in total. The number of hydrogen-bond donors (Lipinski definition) is 1. The number of hydrogen-bond acceptors (Lipinski definition) is 4. The van der Waals surface area contributed by atoms with Gasteiger partial charge in [-0.15, -0.1) is 0 Å². The number of carbonyl (C=O) groups is 1. The highest BCUT2D eigenvalue weighted by Crippen LogP contribution is 2.14. The van der Waals surface area contributed by atoms with Crippen LogP contribution >= 0.6 is 15.9 Å². The van der Waals surface area contributed by atoms with Crippen molar-refractivity contribution in [3.63, 3.8) is 0 Å². The van der Waals surface area contributed by atoms with Crippen LogP contribution in [-0.4, -0.2) is 25.2 Å². The van der Waals surface area contributed by atoms with Crippen LogP contribution in [0.4, 0.5) is 5.69 Å². The summed E-state index contributed by atoms with van der Waals surface area (Å²) in [6.45, 7) is 0.263. The van der Waals surface area contributed by atoms with Gasteiger partial charge in [-0.25, -0.2) is 4.98 Å². The molecule has 3 aromatic rings. The highest BCUT2D eigenvalue weighted by Gasteiger charge is 2.09. The monoisotopic (exact) mass is 375 g/mol. The molecule has 8 heteroatoms. The second-order valence-corrected chi connectivity index (χ2v) is 5.97. The SMILES string of the molecule is Cn1ncc2c(=O)n(CCC(=O)Nc3ccc(Br)cc3)cnc21. The molecule has 0 spiro atoms. The molecule has 3 rings (SSSR count). The summed E-state index contributed by atoms with van der Waals surface area (Å²) >= 11 is 3.34. The minimum atomic E-state index is -0.195. The average Bonchev–Trinajstić information content (AvgIpc) is 2.91. The maximum Gasteiger partial charge on any atom is 0.264 e. The molecule has 0 aliphatic heterocycles. The molecule has 7 nitrogen and oxygen atoms in total. The molecule has 0 aliphatic rings. The maximum atomic E-state index is 12.3. The van der Waals surface area contributed by atoms with Crippen LogP contribution < -0.4 is 10.9 Å². The zero-order chi connectivity index (χ0) is 16.4. The minimum Gasteiger partial charge on any atom is -0.326 e. The van der Waals surface area contributed by atoms with Crippen LogP contribution in [0, 0.1) is 0 Å². The zero-order valence-corrected chi connectivity index (χ0v) is 13.9. The van der Waals surface area contributed by atoms with Gasteiger partial charge < -0.3 is 5.32 Å². The minimum absolute atomic E-state index is 0.162. The third-order valence-corrected chi connectivity index (χ3v) is 3.95. The van der Waals surface area contributed by atoms with E-state index in [0.717, 1.165) is 4.47 Å². The van der Waals surface area contributed by atoms with E-state index in [1.165, 1.54) is 17.1 Å². The van der Waals surface area contributed by atoms with Gasteiger partial charge in [0.25, 0.3) is 5.56 Å². The van der Waals surface area contributed by atoms with E-state index in [1.54, 1.807) is 23.9 Å². The second kappa shape index (κ2) is 6.33. The Kier molecular flexibility index (Phi) is 4.24. The molecular formula is C15H14BrN5O2. The summed E-state index contributed by atoms with van der Waals surface area (Å²) < 4.78 is 3.91. The van der Waals surface area contributed by atoms with Gasteiger partial charge in [0, 0.05) is 30.2 Å². The summed E-state index contributed by atoms with van der Waals surface area (Å²) in [5.74, 6) is -0.162. The normalized spacial score (nSPS) is 10.9. The lowest BCUT2D eigenvalue weighted by atomic mass is 10.3. The maximum absolute atomic E-state index is 12.3. The Morgan fingerprint density at radius 1 is 1.30 bits per heavy atom. The van der Waals surface area contributed by atoms with Gasteiger partial charge in [0.15, 0.2) is 5.65 Å². The number of nitrogens with zero attached hydrogens (tertiary/aromatic N) is 4. The van der Waals surface area contributed by atoms with E-state index in [2.05, 4.69) is 31.3 Å². The molecule has 0 bridgehead atoms. The Labute approximate surface area is 140 Å². The van der Waals surface area contributed by atoms with Crippen LogP contribution in [0.15, 0.2) is 46.1 Å². The third-order valence-electron chi connectivity index (χ3n) is 3.43. The number of fused-ring (bicyclic) bond motifs is 1. The van der Waals surface area contributed by atoms with E-state index >= 15 is 0 Å². The van der Waals surface area contributed by atoms with Crippen LogP contribution in [-0.2, 0) is 18.4 Å². The van der Waals surface area contributed by atoms with Crippen molar-refractivity contribution < 1.29 is 4.79 Å². The number of halogens is 1. The molecule has 1 amide bonds. The lowest BCUT2D eigenvalue weighted by Gasteiger charge is -2.07. The molecule has 2 heterocycles. The van der Waals surface area contributed by atoms with Crippen LogP contribution in [0.5, 0.6) is 0 Å². The van der Waals surface area contributed by atoms with Crippen molar-refractivity contribution in [2.45, 2.75) is 13.0 Å². The number of benzene rings is 1. The topological polar surface area (TPSA) is 81.8 Å². The lowest BCUT2D eigenvalue weighted by Crippen LogP contribution is -2.23. The van der Waals surface area contributed by atoms with E-state index in [0.29, 0.717) is 16.7 Å². The number of carbonyl (C=O) groups excluding carboxylic acids is 1. The predicted molar refractivity (Wildman–Crippen MR) is 90.2 cm³/mol. The van der Waals surface area contributed by atoms with Crippen LogP contribution in [0.1, 0.15) is 6.42 Å². The molecule has 0 saturated carbocycles. The van der Waals surface area contributed by atoms with Crippen molar-refractivity contribution in [1.29, 1.82) is 0 Å². The van der Waals surface area contributed by atoms with Gasteiger partial charge in [-0.1, -0.05) is 15.9 Å². The summed E-state index contributed by atoms with van der Waals surface area (Å²) in [7, 11) is 1.73. The molecule has 0 aliphatic carbocycles. The number of amides is 1. The van der Waals surface area contributed by atoms with Crippen molar-refractivity contribution in [3.05, 3.63) is 51.6 Å². The van der Waals surface area contributed by atoms with E-state index in [4.69, 9.17) is 0 Å². The molecule has 1 aromatic carbocycles. The van der Waals surface area contributed by atoms with E-state index in [1.807, 2.05) is 12.1 Å². The Morgan fingerprint density at radius 2 is 2.04 bits per heavy atom. The quantitative estimate of drug-likeness (QED) is 0.755. The molecule has 118 valence electrons. The summed E-state index contributed by atoms with van der Waals surface area (Å²) in [5.41, 5.74) is 1.05. The van der Waals surface area contributed by atoms with Gasteiger partial charge in [0.2, 0.25) is 5.91 Å². The van der Waals surface area contributed by atoms with E-state index in [9.17, 15) is 9.59 Å². The molecule has 2 aromatic heterocycles. The van der Waals surface area contributed by atoms with Gasteiger partial charge in [0.1, 0.15) is 5.39 Å². The fourth-order valence-corrected chi connectivity index (χ4v) is 2.47.